The van der Waals surface area contributed by atoms with Crippen molar-refractivity contribution in [3.63, 3.8) is 0 Å². The average molecular weight is 303 g/mol. The van der Waals surface area contributed by atoms with Gasteiger partial charge in [0.05, 0.1) is 5.92 Å². The standard InChI is InChI=1S/C16H21N3OS/c1-4-11(3)14(12-9-7-6-8-10-12)15(20)17-16-19-18-13(5-2)21-16/h6-11,14H,4-5H2,1-3H3,(H,17,19,20)/t11-,14-/m1/s1. The second kappa shape index (κ2) is 7.31. The molecule has 2 rings (SSSR count). The van der Waals surface area contributed by atoms with Crippen LogP contribution in [-0.2, 0) is 11.2 Å². The van der Waals surface area contributed by atoms with Crippen molar-refractivity contribution in [2.24, 2.45) is 5.92 Å². The molecule has 2 atom stereocenters. The van der Waals surface area contributed by atoms with Crippen LogP contribution in [0.1, 0.15) is 43.7 Å². The molecule has 0 aliphatic rings. The minimum absolute atomic E-state index is 0.00523. The van der Waals surface area contributed by atoms with Gasteiger partial charge >= 0.3 is 0 Å². The maximum Gasteiger partial charge on any atom is 0.234 e. The molecule has 1 amide bonds. The molecule has 5 heteroatoms. The van der Waals surface area contributed by atoms with Crippen LogP contribution in [0.4, 0.5) is 5.13 Å². The largest absolute Gasteiger partial charge is 0.300 e. The van der Waals surface area contributed by atoms with Crippen molar-refractivity contribution in [2.75, 3.05) is 5.32 Å². The number of hydrogen-bond donors (Lipinski definition) is 1. The predicted octanol–water partition coefficient (Wildman–Crippen LogP) is 3.87. The Morgan fingerprint density at radius 3 is 2.52 bits per heavy atom. The topological polar surface area (TPSA) is 54.9 Å². The molecule has 0 unspecified atom stereocenters. The second-order valence-electron chi connectivity index (χ2n) is 5.12. The number of carbonyl (C=O) groups excluding carboxylic acids is 1. The van der Waals surface area contributed by atoms with Crippen LogP contribution in [0.5, 0.6) is 0 Å². The van der Waals surface area contributed by atoms with E-state index in [1.165, 1.54) is 11.3 Å². The van der Waals surface area contributed by atoms with Crippen molar-refractivity contribution < 1.29 is 4.79 Å². The highest BCUT2D eigenvalue weighted by atomic mass is 32.1. The molecule has 0 fully saturated rings. The molecule has 21 heavy (non-hydrogen) atoms. The van der Waals surface area contributed by atoms with Gasteiger partial charge in [-0.2, -0.15) is 0 Å². The van der Waals surface area contributed by atoms with Gasteiger partial charge in [-0.3, -0.25) is 10.1 Å². The summed E-state index contributed by atoms with van der Waals surface area (Å²) in [6.07, 6.45) is 1.78. The molecule has 4 nitrogen and oxygen atoms in total. The first kappa shape index (κ1) is 15.6. The summed E-state index contributed by atoms with van der Waals surface area (Å²) in [5.74, 6) is 0.102. The third-order valence-electron chi connectivity index (χ3n) is 3.65. The number of nitrogens with one attached hydrogen (secondary N) is 1. The number of amides is 1. The first-order valence-corrected chi connectivity index (χ1v) is 8.15. The van der Waals surface area contributed by atoms with E-state index in [1.807, 2.05) is 37.3 Å². The summed E-state index contributed by atoms with van der Waals surface area (Å²) in [6.45, 7) is 6.24. The number of aromatic nitrogens is 2. The lowest BCUT2D eigenvalue weighted by Crippen LogP contribution is -2.26. The third kappa shape index (κ3) is 3.88. The Balaban J connectivity index is 2.18. The highest BCUT2D eigenvalue weighted by Gasteiger charge is 2.26. The van der Waals surface area contributed by atoms with Crippen LogP contribution in [0.3, 0.4) is 0 Å². The highest BCUT2D eigenvalue weighted by Crippen LogP contribution is 2.29. The zero-order valence-electron chi connectivity index (χ0n) is 12.7. The average Bonchev–Trinajstić information content (AvgIpc) is 2.96. The molecule has 1 aromatic heterocycles. The molecule has 1 N–H and O–H groups in total. The fourth-order valence-corrected chi connectivity index (χ4v) is 2.95. The van der Waals surface area contributed by atoms with Crippen molar-refractivity contribution in [3.05, 3.63) is 40.9 Å². The van der Waals surface area contributed by atoms with Crippen molar-refractivity contribution in [2.45, 2.75) is 39.5 Å². The van der Waals surface area contributed by atoms with Gasteiger partial charge in [0.25, 0.3) is 0 Å². The molecule has 1 aromatic carbocycles. The maximum absolute atomic E-state index is 12.6. The predicted molar refractivity (Wildman–Crippen MR) is 86.6 cm³/mol. The Morgan fingerprint density at radius 1 is 1.24 bits per heavy atom. The van der Waals surface area contributed by atoms with Gasteiger partial charge in [-0.05, 0) is 17.9 Å². The van der Waals surface area contributed by atoms with Gasteiger partial charge < -0.3 is 0 Å². The Kier molecular flexibility index (Phi) is 5.44. The summed E-state index contributed by atoms with van der Waals surface area (Å²) in [7, 11) is 0. The van der Waals surface area contributed by atoms with E-state index < -0.39 is 0 Å². The quantitative estimate of drug-likeness (QED) is 0.881. The number of benzene rings is 1. The van der Waals surface area contributed by atoms with Crippen LogP contribution in [-0.4, -0.2) is 16.1 Å². The Bertz CT molecular complexity index is 582. The van der Waals surface area contributed by atoms with Gasteiger partial charge in [-0.1, -0.05) is 68.9 Å². The van der Waals surface area contributed by atoms with Crippen molar-refractivity contribution in [1.29, 1.82) is 0 Å². The molecule has 2 aromatic rings. The van der Waals surface area contributed by atoms with Crippen molar-refractivity contribution in [1.82, 2.24) is 10.2 Å². The lowest BCUT2D eigenvalue weighted by Gasteiger charge is -2.22. The Morgan fingerprint density at radius 2 is 1.95 bits per heavy atom. The fraction of sp³-hybridized carbons (Fsp3) is 0.438. The first-order chi connectivity index (χ1) is 10.2. The molecule has 0 bridgehead atoms. The van der Waals surface area contributed by atoms with E-state index in [-0.39, 0.29) is 17.7 Å². The van der Waals surface area contributed by atoms with Gasteiger partial charge in [-0.15, -0.1) is 10.2 Å². The van der Waals surface area contributed by atoms with E-state index in [0.29, 0.717) is 5.13 Å². The summed E-state index contributed by atoms with van der Waals surface area (Å²) in [5.41, 5.74) is 1.05. The van der Waals surface area contributed by atoms with Crippen LogP contribution in [0.15, 0.2) is 30.3 Å². The molecule has 0 saturated carbocycles. The molecule has 0 radical (unpaired) electrons. The number of rotatable bonds is 6. The summed E-state index contributed by atoms with van der Waals surface area (Å²) < 4.78 is 0. The number of hydrogen-bond acceptors (Lipinski definition) is 4. The molecule has 0 aliphatic heterocycles. The number of aryl methyl sites for hydroxylation is 1. The lowest BCUT2D eigenvalue weighted by molar-refractivity contribution is -0.118. The number of carbonyl (C=O) groups is 1. The SMILES string of the molecule is CCc1nnc(NC(=O)[C@@H](c2ccccc2)[C@H](C)CC)s1. The third-order valence-corrected chi connectivity index (χ3v) is 4.64. The zero-order valence-corrected chi connectivity index (χ0v) is 13.5. The van der Waals surface area contributed by atoms with Gasteiger partial charge in [0.2, 0.25) is 11.0 Å². The maximum atomic E-state index is 12.6. The van der Waals surface area contributed by atoms with Gasteiger partial charge in [0.15, 0.2) is 0 Å². The lowest BCUT2D eigenvalue weighted by atomic mass is 9.85. The Labute approximate surface area is 129 Å². The van der Waals surface area contributed by atoms with Crippen molar-refractivity contribution >= 4 is 22.4 Å². The molecule has 0 saturated heterocycles. The van der Waals surface area contributed by atoms with Crippen molar-refractivity contribution in [3.8, 4) is 0 Å². The monoisotopic (exact) mass is 303 g/mol. The molecular formula is C16H21N3OS. The van der Waals surface area contributed by atoms with Crippen LogP contribution in [0.2, 0.25) is 0 Å². The van der Waals surface area contributed by atoms with E-state index >= 15 is 0 Å². The molecule has 112 valence electrons. The van der Waals surface area contributed by atoms with Crippen LogP contribution in [0.25, 0.3) is 0 Å². The smallest absolute Gasteiger partial charge is 0.234 e. The highest BCUT2D eigenvalue weighted by molar-refractivity contribution is 7.15. The summed E-state index contributed by atoms with van der Waals surface area (Å²) in [4.78, 5) is 12.6. The van der Waals surface area contributed by atoms with Gasteiger partial charge in [0, 0.05) is 0 Å². The van der Waals surface area contributed by atoms with E-state index in [4.69, 9.17) is 0 Å². The van der Waals surface area contributed by atoms with Gasteiger partial charge in [0.1, 0.15) is 5.01 Å². The van der Waals surface area contributed by atoms with Crippen LogP contribution < -0.4 is 5.32 Å². The molecule has 1 heterocycles. The normalized spacial score (nSPS) is 13.7. The Hall–Kier alpha value is -1.75. The number of nitrogens with zero attached hydrogens (tertiary/aromatic N) is 2. The zero-order chi connectivity index (χ0) is 15.2. The van der Waals surface area contributed by atoms with Gasteiger partial charge in [-0.25, -0.2) is 0 Å². The van der Waals surface area contributed by atoms with E-state index in [0.717, 1.165) is 23.4 Å². The summed E-state index contributed by atoms with van der Waals surface area (Å²) in [5, 5.41) is 12.5. The molecular weight excluding hydrogens is 282 g/mol. The van der Waals surface area contributed by atoms with E-state index in [9.17, 15) is 4.79 Å². The number of anilines is 1. The molecule has 0 aliphatic carbocycles. The second-order valence-corrected chi connectivity index (χ2v) is 6.18. The van der Waals surface area contributed by atoms with E-state index in [2.05, 4.69) is 29.4 Å². The first-order valence-electron chi connectivity index (χ1n) is 7.33. The minimum Gasteiger partial charge on any atom is -0.300 e. The minimum atomic E-state index is -0.162. The van der Waals surface area contributed by atoms with E-state index in [1.54, 1.807) is 0 Å². The van der Waals surface area contributed by atoms with Crippen LogP contribution in [0, 0.1) is 5.92 Å². The summed E-state index contributed by atoms with van der Waals surface area (Å²) in [6, 6.07) is 9.92. The summed E-state index contributed by atoms with van der Waals surface area (Å²) >= 11 is 1.44. The molecule has 0 spiro atoms. The van der Waals surface area contributed by atoms with Crippen LogP contribution >= 0.6 is 11.3 Å². The fourth-order valence-electron chi connectivity index (χ4n) is 2.26.